The highest BCUT2D eigenvalue weighted by Gasteiger charge is 2.16. The van der Waals surface area contributed by atoms with Gasteiger partial charge >= 0.3 is 0 Å². The molecule has 0 aromatic carbocycles. The first-order chi connectivity index (χ1) is 6.25. The third-order valence-corrected chi connectivity index (χ3v) is 2.83. The van der Waals surface area contributed by atoms with Crippen LogP contribution < -0.4 is 5.32 Å². The fraction of sp³-hybridized carbons (Fsp3) is 0.636. The minimum atomic E-state index is 0.759. The maximum absolute atomic E-state index is 5.46. The predicted molar refractivity (Wildman–Crippen MR) is 52.7 cm³/mol. The molecule has 2 nitrogen and oxygen atoms in total. The van der Waals surface area contributed by atoms with E-state index in [-0.39, 0.29) is 0 Å². The summed E-state index contributed by atoms with van der Waals surface area (Å²) in [7, 11) is 0. The van der Waals surface area contributed by atoms with E-state index in [9.17, 15) is 0 Å². The van der Waals surface area contributed by atoms with Crippen LogP contribution in [0, 0.1) is 13.8 Å². The minimum absolute atomic E-state index is 0.759. The first kappa shape index (κ1) is 8.82. The molecule has 2 rings (SSSR count). The second-order valence-corrected chi connectivity index (χ2v) is 3.95. The molecular formula is C11H17NO. The Hall–Kier alpha value is -0.760. The Bertz CT molecular complexity index is 286. The lowest BCUT2D eigenvalue weighted by Crippen LogP contribution is -2.34. The molecule has 0 amide bonds. The van der Waals surface area contributed by atoms with E-state index < -0.39 is 0 Å². The molecule has 0 spiro atoms. The third kappa shape index (κ3) is 1.94. The lowest BCUT2D eigenvalue weighted by Gasteiger charge is -2.26. The van der Waals surface area contributed by atoms with Crippen molar-refractivity contribution in [2.45, 2.75) is 45.7 Å². The molecule has 0 unspecified atom stereocenters. The Morgan fingerprint density at radius 1 is 1.46 bits per heavy atom. The zero-order valence-electron chi connectivity index (χ0n) is 8.39. The molecule has 1 aromatic heterocycles. The lowest BCUT2D eigenvalue weighted by molar-refractivity contribution is 0.337. The first-order valence-corrected chi connectivity index (χ1v) is 5.05. The van der Waals surface area contributed by atoms with Crippen molar-refractivity contribution < 1.29 is 4.42 Å². The number of rotatable bonds is 3. The molecule has 0 radical (unpaired) electrons. The van der Waals surface area contributed by atoms with Crippen LogP contribution in [-0.2, 0) is 6.54 Å². The molecule has 1 saturated carbocycles. The standard InChI is InChI=1S/C11H17NO/c1-8-6-10(9(2)13-8)7-12-11-4-3-5-11/h6,11-12H,3-5,7H2,1-2H3. The molecule has 1 aromatic rings. The average molecular weight is 179 g/mol. The van der Waals surface area contributed by atoms with Crippen LogP contribution in [0.3, 0.4) is 0 Å². The van der Waals surface area contributed by atoms with E-state index in [4.69, 9.17) is 4.42 Å². The van der Waals surface area contributed by atoms with Gasteiger partial charge in [0.25, 0.3) is 0 Å². The number of hydrogen-bond acceptors (Lipinski definition) is 2. The van der Waals surface area contributed by atoms with Crippen molar-refractivity contribution in [3.8, 4) is 0 Å². The van der Waals surface area contributed by atoms with Gasteiger partial charge in [-0.15, -0.1) is 0 Å². The van der Waals surface area contributed by atoms with Gasteiger partial charge in [-0.2, -0.15) is 0 Å². The summed E-state index contributed by atoms with van der Waals surface area (Å²) in [5.41, 5.74) is 1.31. The van der Waals surface area contributed by atoms with E-state index in [0.717, 1.165) is 24.1 Å². The molecule has 72 valence electrons. The van der Waals surface area contributed by atoms with E-state index in [1.54, 1.807) is 0 Å². The van der Waals surface area contributed by atoms with E-state index in [1.165, 1.54) is 24.8 Å². The fourth-order valence-electron chi connectivity index (χ4n) is 1.73. The minimum Gasteiger partial charge on any atom is -0.466 e. The van der Waals surface area contributed by atoms with Gasteiger partial charge < -0.3 is 9.73 Å². The van der Waals surface area contributed by atoms with Crippen molar-refractivity contribution in [2.24, 2.45) is 0 Å². The molecule has 2 heteroatoms. The molecule has 0 aliphatic heterocycles. The number of hydrogen-bond donors (Lipinski definition) is 1. The van der Waals surface area contributed by atoms with E-state index in [1.807, 2.05) is 13.8 Å². The molecule has 1 N–H and O–H groups in total. The molecule has 1 aliphatic rings. The Balaban J connectivity index is 1.89. The summed E-state index contributed by atoms with van der Waals surface area (Å²) in [5, 5.41) is 3.53. The normalized spacial score (nSPS) is 17.4. The highest BCUT2D eigenvalue weighted by Crippen LogP contribution is 2.20. The largest absolute Gasteiger partial charge is 0.466 e. The zero-order valence-corrected chi connectivity index (χ0v) is 8.39. The van der Waals surface area contributed by atoms with Crippen LogP contribution in [0.4, 0.5) is 0 Å². The molecule has 1 heterocycles. The summed E-state index contributed by atoms with van der Waals surface area (Å²) < 4.78 is 5.46. The Kier molecular flexibility index (Phi) is 2.40. The molecule has 0 saturated heterocycles. The summed E-state index contributed by atoms with van der Waals surface area (Å²) in [6.45, 7) is 5.00. The molecule has 13 heavy (non-hydrogen) atoms. The quantitative estimate of drug-likeness (QED) is 0.771. The topological polar surface area (TPSA) is 25.2 Å². The summed E-state index contributed by atoms with van der Waals surface area (Å²) in [4.78, 5) is 0. The fourth-order valence-corrected chi connectivity index (χ4v) is 1.73. The predicted octanol–water partition coefficient (Wildman–Crippen LogP) is 2.54. The number of aryl methyl sites for hydroxylation is 2. The van der Waals surface area contributed by atoms with Gasteiger partial charge in [-0.25, -0.2) is 0 Å². The van der Waals surface area contributed by atoms with Gasteiger partial charge in [0, 0.05) is 18.2 Å². The molecular weight excluding hydrogens is 162 g/mol. The Morgan fingerprint density at radius 2 is 2.23 bits per heavy atom. The van der Waals surface area contributed by atoms with Crippen LogP contribution in [0.5, 0.6) is 0 Å². The maximum Gasteiger partial charge on any atom is 0.105 e. The van der Waals surface area contributed by atoms with Gasteiger partial charge in [0.1, 0.15) is 11.5 Å². The van der Waals surface area contributed by atoms with E-state index in [0.29, 0.717) is 0 Å². The van der Waals surface area contributed by atoms with Gasteiger partial charge in [-0.05, 0) is 32.8 Å². The van der Waals surface area contributed by atoms with Crippen LogP contribution in [0.25, 0.3) is 0 Å². The lowest BCUT2D eigenvalue weighted by atomic mass is 9.93. The van der Waals surface area contributed by atoms with Gasteiger partial charge in [0.05, 0.1) is 0 Å². The number of nitrogens with one attached hydrogen (secondary N) is 1. The average Bonchev–Trinajstić information content (AvgIpc) is 2.27. The van der Waals surface area contributed by atoms with Gasteiger partial charge in [0.2, 0.25) is 0 Å². The molecule has 0 bridgehead atoms. The van der Waals surface area contributed by atoms with Gasteiger partial charge in [-0.1, -0.05) is 6.42 Å². The van der Waals surface area contributed by atoms with E-state index in [2.05, 4.69) is 11.4 Å². The highest BCUT2D eigenvalue weighted by atomic mass is 16.3. The van der Waals surface area contributed by atoms with Crippen molar-refractivity contribution in [1.82, 2.24) is 5.32 Å². The van der Waals surface area contributed by atoms with Crippen molar-refractivity contribution >= 4 is 0 Å². The first-order valence-electron chi connectivity index (χ1n) is 5.05. The van der Waals surface area contributed by atoms with E-state index >= 15 is 0 Å². The Labute approximate surface area is 79.3 Å². The van der Waals surface area contributed by atoms with Crippen molar-refractivity contribution in [3.63, 3.8) is 0 Å². The molecule has 0 atom stereocenters. The maximum atomic E-state index is 5.46. The summed E-state index contributed by atoms with van der Waals surface area (Å²) >= 11 is 0. The Morgan fingerprint density at radius 3 is 2.69 bits per heavy atom. The third-order valence-electron chi connectivity index (χ3n) is 2.83. The van der Waals surface area contributed by atoms with Crippen molar-refractivity contribution in [2.75, 3.05) is 0 Å². The second-order valence-electron chi connectivity index (χ2n) is 3.95. The summed E-state index contributed by atoms with van der Waals surface area (Å²) in [6.07, 6.45) is 4.08. The SMILES string of the molecule is Cc1cc(CNC2CCC2)c(C)o1. The molecule has 1 fully saturated rings. The van der Waals surface area contributed by atoms with Crippen LogP contribution in [0.1, 0.15) is 36.3 Å². The second kappa shape index (κ2) is 3.54. The van der Waals surface area contributed by atoms with Crippen molar-refractivity contribution in [1.29, 1.82) is 0 Å². The highest BCUT2D eigenvalue weighted by molar-refractivity contribution is 5.19. The van der Waals surface area contributed by atoms with Gasteiger partial charge in [-0.3, -0.25) is 0 Å². The number of furan rings is 1. The van der Waals surface area contributed by atoms with Crippen molar-refractivity contribution in [3.05, 3.63) is 23.2 Å². The smallest absolute Gasteiger partial charge is 0.105 e. The van der Waals surface area contributed by atoms with Gasteiger partial charge in [0.15, 0.2) is 0 Å². The van der Waals surface area contributed by atoms with Crippen LogP contribution in [-0.4, -0.2) is 6.04 Å². The van der Waals surface area contributed by atoms with Crippen LogP contribution >= 0.6 is 0 Å². The summed E-state index contributed by atoms with van der Waals surface area (Å²) in [6, 6.07) is 2.88. The summed E-state index contributed by atoms with van der Waals surface area (Å²) in [5.74, 6) is 2.08. The van der Waals surface area contributed by atoms with Crippen LogP contribution in [0.2, 0.25) is 0 Å². The molecule has 1 aliphatic carbocycles. The monoisotopic (exact) mass is 179 g/mol. The zero-order chi connectivity index (χ0) is 9.26. The van der Waals surface area contributed by atoms with Crippen LogP contribution in [0.15, 0.2) is 10.5 Å².